The van der Waals surface area contributed by atoms with Gasteiger partial charge < -0.3 is 10.6 Å². The van der Waals surface area contributed by atoms with Crippen LogP contribution in [-0.4, -0.2) is 27.4 Å². The molecule has 2 rings (SSSR count). The lowest BCUT2D eigenvalue weighted by atomic mass is 10.1. The largest absolute Gasteiger partial charge is 0.352 e. The highest BCUT2D eigenvalue weighted by atomic mass is 32.2. The van der Waals surface area contributed by atoms with Crippen molar-refractivity contribution in [3.8, 4) is 0 Å². The lowest BCUT2D eigenvalue weighted by molar-refractivity contribution is -0.121. The monoisotopic (exact) mass is 361 g/mol. The summed E-state index contributed by atoms with van der Waals surface area (Å²) in [6, 6.07) is 16.3. The van der Waals surface area contributed by atoms with Crippen molar-refractivity contribution in [2.75, 3.05) is 13.1 Å². The van der Waals surface area contributed by atoms with Gasteiger partial charge in [-0.1, -0.05) is 42.5 Å². The standard InChI is InChI=1S/C18H23N3O3S/c19-25(23,24)17-8-6-15(7-9-17)10-12-20-13-11-18(22)21-14-16-4-2-1-3-5-16/h1-9,20H,10-14H2,(H,21,22)(H2,19,23,24). The number of carbonyl (C=O) groups is 1. The molecule has 7 heteroatoms. The van der Waals surface area contributed by atoms with Crippen LogP contribution in [0.3, 0.4) is 0 Å². The molecule has 6 nitrogen and oxygen atoms in total. The Labute approximate surface area is 148 Å². The molecule has 0 saturated heterocycles. The van der Waals surface area contributed by atoms with Crippen LogP contribution < -0.4 is 15.8 Å². The first kappa shape index (κ1) is 19.1. The minimum Gasteiger partial charge on any atom is -0.352 e. The predicted molar refractivity (Wildman–Crippen MR) is 97.3 cm³/mol. The number of amides is 1. The number of rotatable bonds is 9. The van der Waals surface area contributed by atoms with E-state index in [0.717, 1.165) is 17.5 Å². The number of nitrogens with one attached hydrogen (secondary N) is 2. The van der Waals surface area contributed by atoms with E-state index in [1.54, 1.807) is 12.1 Å². The Hall–Kier alpha value is -2.22. The molecule has 0 spiro atoms. The highest BCUT2D eigenvalue weighted by Crippen LogP contribution is 2.08. The Morgan fingerprint density at radius 1 is 0.920 bits per heavy atom. The van der Waals surface area contributed by atoms with Gasteiger partial charge in [-0.05, 0) is 36.2 Å². The first-order valence-electron chi connectivity index (χ1n) is 8.08. The molecule has 0 aliphatic rings. The average molecular weight is 361 g/mol. The zero-order chi connectivity index (χ0) is 18.1. The van der Waals surface area contributed by atoms with Crippen molar-refractivity contribution < 1.29 is 13.2 Å². The molecule has 0 aromatic heterocycles. The van der Waals surface area contributed by atoms with Crippen LogP contribution in [0.2, 0.25) is 0 Å². The second-order valence-corrected chi connectivity index (χ2v) is 7.26. The van der Waals surface area contributed by atoms with Gasteiger partial charge in [0.15, 0.2) is 0 Å². The summed E-state index contributed by atoms with van der Waals surface area (Å²) in [7, 11) is -3.64. The summed E-state index contributed by atoms with van der Waals surface area (Å²) in [5.41, 5.74) is 2.08. The molecular weight excluding hydrogens is 338 g/mol. The van der Waals surface area contributed by atoms with Crippen molar-refractivity contribution in [3.63, 3.8) is 0 Å². The number of primary sulfonamides is 1. The first-order chi connectivity index (χ1) is 11.9. The molecule has 134 valence electrons. The predicted octanol–water partition coefficient (Wildman–Crippen LogP) is 1.17. The van der Waals surface area contributed by atoms with E-state index in [1.807, 2.05) is 30.3 Å². The minimum atomic E-state index is -3.64. The van der Waals surface area contributed by atoms with Crippen molar-refractivity contribution in [1.82, 2.24) is 10.6 Å². The third-order valence-electron chi connectivity index (χ3n) is 3.70. The maximum absolute atomic E-state index is 11.8. The fourth-order valence-corrected chi connectivity index (χ4v) is 2.81. The fraction of sp³-hybridized carbons (Fsp3) is 0.278. The number of sulfonamides is 1. The molecule has 0 radical (unpaired) electrons. The zero-order valence-electron chi connectivity index (χ0n) is 13.9. The van der Waals surface area contributed by atoms with Gasteiger partial charge in [-0.15, -0.1) is 0 Å². The third kappa shape index (κ3) is 7.04. The van der Waals surface area contributed by atoms with Crippen LogP contribution in [0.15, 0.2) is 59.5 Å². The summed E-state index contributed by atoms with van der Waals surface area (Å²) in [6.07, 6.45) is 1.16. The van der Waals surface area contributed by atoms with Crippen molar-refractivity contribution >= 4 is 15.9 Å². The summed E-state index contributed by atoms with van der Waals surface area (Å²) in [5, 5.41) is 11.1. The third-order valence-corrected chi connectivity index (χ3v) is 4.63. The van der Waals surface area contributed by atoms with E-state index in [-0.39, 0.29) is 10.8 Å². The van der Waals surface area contributed by atoms with Crippen molar-refractivity contribution in [2.24, 2.45) is 5.14 Å². The molecular formula is C18H23N3O3S. The molecule has 0 atom stereocenters. The Morgan fingerprint density at radius 2 is 1.60 bits per heavy atom. The number of hydrogen-bond donors (Lipinski definition) is 3. The van der Waals surface area contributed by atoms with Gasteiger partial charge in [0.1, 0.15) is 0 Å². The molecule has 2 aromatic carbocycles. The summed E-state index contributed by atoms with van der Waals surface area (Å²) < 4.78 is 22.4. The Kier molecular flexibility index (Phi) is 7.12. The highest BCUT2D eigenvalue weighted by Gasteiger charge is 2.06. The quantitative estimate of drug-likeness (QED) is 0.584. The lowest BCUT2D eigenvalue weighted by Crippen LogP contribution is -2.28. The Balaban J connectivity index is 1.60. The molecule has 0 aliphatic heterocycles. The van der Waals surface area contributed by atoms with E-state index in [4.69, 9.17) is 5.14 Å². The maximum atomic E-state index is 11.8. The van der Waals surface area contributed by atoms with Crippen LogP contribution >= 0.6 is 0 Å². The van der Waals surface area contributed by atoms with Crippen LogP contribution in [0, 0.1) is 0 Å². The van der Waals surface area contributed by atoms with Crippen LogP contribution in [0.5, 0.6) is 0 Å². The van der Waals surface area contributed by atoms with E-state index in [9.17, 15) is 13.2 Å². The van der Waals surface area contributed by atoms with E-state index >= 15 is 0 Å². The SMILES string of the molecule is NS(=O)(=O)c1ccc(CCNCCC(=O)NCc2ccccc2)cc1. The van der Waals surface area contributed by atoms with Gasteiger partial charge in [0.2, 0.25) is 15.9 Å². The van der Waals surface area contributed by atoms with Crippen LogP contribution in [0.25, 0.3) is 0 Å². The molecule has 0 saturated carbocycles. The van der Waals surface area contributed by atoms with Crippen LogP contribution in [0.1, 0.15) is 17.5 Å². The minimum absolute atomic E-state index is 0.00820. The number of nitrogens with two attached hydrogens (primary N) is 1. The molecule has 2 aromatic rings. The fourth-order valence-electron chi connectivity index (χ4n) is 2.29. The molecule has 25 heavy (non-hydrogen) atoms. The van der Waals surface area contributed by atoms with E-state index in [0.29, 0.717) is 26.1 Å². The molecule has 0 aliphatic carbocycles. The molecule has 0 bridgehead atoms. The molecule has 1 amide bonds. The number of benzene rings is 2. The topological polar surface area (TPSA) is 101 Å². The van der Waals surface area contributed by atoms with E-state index in [2.05, 4.69) is 10.6 Å². The van der Waals surface area contributed by atoms with Gasteiger partial charge in [0, 0.05) is 19.5 Å². The average Bonchev–Trinajstić information content (AvgIpc) is 2.60. The summed E-state index contributed by atoms with van der Waals surface area (Å²) >= 11 is 0. The van der Waals surface area contributed by atoms with Crippen molar-refractivity contribution in [1.29, 1.82) is 0 Å². The highest BCUT2D eigenvalue weighted by molar-refractivity contribution is 7.89. The zero-order valence-corrected chi connectivity index (χ0v) is 14.8. The van der Waals surface area contributed by atoms with Crippen LogP contribution in [0.4, 0.5) is 0 Å². The maximum Gasteiger partial charge on any atom is 0.238 e. The van der Waals surface area contributed by atoms with Crippen LogP contribution in [-0.2, 0) is 27.8 Å². The van der Waals surface area contributed by atoms with E-state index < -0.39 is 10.0 Å². The Bertz CT molecular complexity index is 775. The van der Waals surface area contributed by atoms with Gasteiger partial charge >= 0.3 is 0 Å². The van der Waals surface area contributed by atoms with Gasteiger partial charge in [0.05, 0.1) is 4.90 Å². The Morgan fingerprint density at radius 3 is 2.24 bits per heavy atom. The second kappa shape index (κ2) is 9.31. The number of carbonyl (C=O) groups excluding carboxylic acids is 1. The van der Waals surface area contributed by atoms with Gasteiger partial charge in [-0.3, -0.25) is 4.79 Å². The normalized spacial score (nSPS) is 11.2. The second-order valence-electron chi connectivity index (χ2n) is 5.70. The molecule has 0 heterocycles. The van der Waals surface area contributed by atoms with Gasteiger partial charge in [-0.25, -0.2) is 13.6 Å². The van der Waals surface area contributed by atoms with Crippen molar-refractivity contribution in [2.45, 2.75) is 24.3 Å². The smallest absolute Gasteiger partial charge is 0.238 e. The molecule has 0 fully saturated rings. The van der Waals surface area contributed by atoms with Crippen molar-refractivity contribution in [3.05, 3.63) is 65.7 Å². The van der Waals surface area contributed by atoms with Gasteiger partial charge in [0.25, 0.3) is 0 Å². The first-order valence-corrected chi connectivity index (χ1v) is 9.63. The molecule has 4 N–H and O–H groups in total. The number of hydrogen-bond acceptors (Lipinski definition) is 4. The summed E-state index contributed by atoms with van der Waals surface area (Å²) in [5.74, 6) is 0.00820. The van der Waals surface area contributed by atoms with E-state index in [1.165, 1.54) is 12.1 Å². The summed E-state index contributed by atoms with van der Waals surface area (Å²) in [4.78, 5) is 11.9. The summed E-state index contributed by atoms with van der Waals surface area (Å²) in [6.45, 7) is 1.84. The van der Waals surface area contributed by atoms with Gasteiger partial charge in [-0.2, -0.15) is 0 Å². The molecule has 0 unspecified atom stereocenters. The lowest BCUT2D eigenvalue weighted by Gasteiger charge is -2.07.